The summed E-state index contributed by atoms with van der Waals surface area (Å²) in [6, 6.07) is 8.44. The Kier molecular flexibility index (Phi) is 10.1. The van der Waals surface area contributed by atoms with Crippen molar-refractivity contribution in [1.82, 2.24) is 20.2 Å². The zero-order valence-corrected chi connectivity index (χ0v) is 31.7. The lowest BCUT2D eigenvalue weighted by Gasteiger charge is -2.47. The summed E-state index contributed by atoms with van der Waals surface area (Å²) in [4.78, 5) is 40.2. The fraction of sp³-hybridized carbons (Fsp3) is 0.564. The van der Waals surface area contributed by atoms with Crippen LogP contribution in [0.1, 0.15) is 73.6 Å². The average Bonchev–Trinajstić information content (AvgIpc) is 3.46. The monoisotopic (exact) mass is 717 g/mol. The van der Waals surface area contributed by atoms with Crippen LogP contribution in [0, 0.1) is 19.8 Å². The molecule has 1 aliphatic carbocycles. The number of morpholine rings is 1. The number of carbonyl (C=O) groups excluding carboxylic acids is 1. The molecule has 2 aromatic heterocycles. The molecule has 1 saturated carbocycles. The van der Waals surface area contributed by atoms with Crippen LogP contribution in [0.5, 0.6) is 11.5 Å². The second kappa shape index (κ2) is 14.4. The predicted molar refractivity (Wildman–Crippen MR) is 199 cm³/mol. The van der Waals surface area contributed by atoms with Gasteiger partial charge in [-0.3, -0.25) is 14.5 Å². The Hall–Kier alpha value is -3.58. The summed E-state index contributed by atoms with van der Waals surface area (Å²) in [6.07, 6.45) is 8.50. The highest BCUT2D eigenvalue weighted by Gasteiger charge is 2.48. The molecule has 0 bridgehead atoms. The van der Waals surface area contributed by atoms with Gasteiger partial charge in [0.15, 0.2) is 11.5 Å². The first-order valence-electron chi connectivity index (χ1n) is 18.2. The van der Waals surface area contributed by atoms with Crippen LogP contribution in [0.15, 0.2) is 40.2 Å². The number of nitrogens with one attached hydrogen (secondary N) is 2. The number of rotatable bonds is 9. The van der Waals surface area contributed by atoms with Gasteiger partial charge >= 0.3 is 0 Å². The molecule has 1 amide bonds. The molecule has 0 spiro atoms. The third-order valence-corrected chi connectivity index (χ3v) is 12.0. The Morgan fingerprint density at radius 3 is 2.41 bits per heavy atom. The van der Waals surface area contributed by atoms with E-state index in [0.29, 0.717) is 40.3 Å². The number of aromatic amines is 1. The zero-order valence-electron chi connectivity index (χ0n) is 30.8. The van der Waals surface area contributed by atoms with Crippen LogP contribution in [0.25, 0.3) is 11.1 Å². The van der Waals surface area contributed by atoms with Crippen LogP contribution in [-0.4, -0.2) is 90.5 Å². The molecule has 51 heavy (non-hydrogen) atoms. The molecule has 3 aromatic rings. The second-order valence-electron chi connectivity index (χ2n) is 14.9. The summed E-state index contributed by atoms with van der Waals surface area (Å²) < 4.78 is 25.2. The number of ether oxygens (including phenoxy) is 4. The summed E-state index contributed by atoms with van der Waals surface area (Å²) in [5.74, 6) is 1.14. The van der Waals surface area contributed by atoms with Crippen LogP contribution >= 0.6 is 11.8 Å². The quantitative estimate of drug-likeness (QED) is 0.267. The normalized spacial score (nSPS) is 26.6. The van der Waals surface area contributed by atoms with Crippen molar-refractivity contribution in [1.29, 1.82) is 0 Å². The van der Waals surface area contributed by atoms with Gasteiger partial charge in [0.1, 0.15) is 5.82 Å². The van der Waals surface area contributed by atoms with E-state index >= 15 is 0 Å². The maximum Gasteiger partial charge on any atom is 0.254 e. The van der Waals surface area contributed by atoms with Crippen LogP contribution in [0.2, 0.25) is 0 Å². The van der Waals surface area contributed by atoms with Crippen molar-refractivity contribution in [2.45, 2.75) is 102 Å². The number of methoxy groups -OCH3 is 1. The van der Waals surface area contributed by atoms with Gasteiger partial charge in [0.05, 0.1) is 18.3 Å². The molecule has 4 aliphatic rings. The SMILES string of the molecule is COC1CN(C2CCC(C3(C)Oc4c(-c5ccc(N6CC(C)O[C@@H](C)C6)nc5)cc(C(=O)NCc5c(SC)cc(C)[nH]c5=O)c(C)c4O3)CC2)C1. The molecule has 2 N–H and O–H groups in total. The Bertz CT molecular complexity index is 1810. The van der Waals surface area contributed by atoms with E-state index < -0.39 is 5.79 Å². The number of pyridine rings is 2. The molecule has 2 unspecified atom stereocenters. The highest BCUT2D eigenvalue weighted by Crippen LogP contribution is 2.53. The minimum Gasteiger partial charge on any atom is -0.448 e. The highest BCUT2D eigenvalue weighted by molar-refractivity contribution is 7.98. The number of aromatic nitrogens is 2. The first-order valence-corrected chi connectivity index (χ1v) is 19.4. The molecule has 2 saturated heterocycles. The highest BCUT2D eigenvalue weighted by atomic mass is 32.2. The van der Waals surface area contributed by atoms with E-state index in [1.807, 2.05) is 57.5 Å². The molecular weight excluding hydrogens is 667 g/mol. The molecule has 11 nitrogen and oxygen atoms in total. The maximum atomic E-state index is 14.0. The van der Waals surface area contributed by atoms with Crippen LogP contribution < -0.4 is 25.2 Å². The summed E-state index contributed by atoms with van der Waals surface area (Å²) in [6.45, 7) is 13.6. The number of H-pyrrole nitrogens is 1. The molecule has 0 radical (unpaired) electrons. The summed E-state index contributed by atoms with van der Waals surface area (Å²) in [7, 11) is 1.79. The van der Waals surface area contributed by atoms with Gasteiger partial charge in [0.2, 0.25) is 0 Å². The number of hydrogen-bond acceptors (Lipinski definition) is 10. The maximum absolute atomic E-state index is 14.0. The van der Waals surface area contributed by atoms with Crippen molar-refractivity contribution in [3.05, 3.63) is 63.2 Å². The van der Waals surface area contributed by atoms with Crippen molar-refractivity contribution < 1.29 is 23.7 Å². The van der Waals surface area contributed by atoms with Gasteiger partial charge in [-0.05, 0) is 83.9 Å². The van der Waals surface area contributed by atoms with Gasteiger partial charge in [-0.2, -0.15) is 0 Å². The number of nitrogens with zero attached hydrogens (tertiary/aromatic N) is 3. The number of hydrogen-bond donors (Lipinski definition) is 2. The number of benzene rings is 1. The van der Waals surface area contributed by atoms with E-state index in [1.165, 1.54) is 11.8 Å². The third kappa shape index (κ3) is 7.12. The number of carbonyl (C=O) groups is 1. The van der Waals surface area contributed by atoms with E-state index in [0.717, 1.165) is 79.4 Å². The minimum atomic E-state index is -0.873. The van der Waals surface area contributed by atoms with Crippen molar-refractivity contribution in [2.24, 2.45) is 5.92 Å². The van der Waals surface area contributed by atoms with Crippen LogP contribution in [-0.2, 0) is 16.0 Å². The van der Waals surface area contributed by atoms with Crippen LogP contribution in [0.3, 0.4) is 0 Å². The number of fused-ring (bicyclic) bond motifs is 1. The molecule has 3 atom stereocenters. The van der Waals surface area contributed by atoms with E-state index in [4.69, 9.17) is 23.9 Å². The average molecular weight is 718 g/mol. The lowest BCUT2D eigenvalue weighted by molar-refractivity contribution is -0.130. The van der Waals surface area contributed by atoms with Gasteiger partial charge < -0.3 is 34.1 Å². The summed E-state index contributed by atoms with van der Waals surface area (Å²) in [5, 5.41) is 3.02. The molecule has 3 fully saturated rings. The molecule has 3 aliphatic heterocycles. The lowest BCUT2D eigenvalue weighted by atomic mass is 9.80. The molecule has 1 aromatic carbocycles. The fourth-order valence-corrected chi connectivity index (χ4v) is 8.99. The van der Waals surface area contributed by atoms with E-state index in [9.17, 15) is 9.59 Å². The Morgan fingerprint density at radius 1 is 1.06 bits per heavy atom. The molecule has 274 valence electrons. The topological polar surface area (TPSA) is 118 Å². The molecule has 12 heteroatoms. The smallest absolute Gasteiger partial charge is 0.254 e. The van der Waals surface area contributed by atoms with Crippen molar-refractivity contribution in [3.8, 4) is 22.6 Å². The van der Waals surface area contributed by atoms with Gasteiger partial charge in [-0.1, -0.05) is 0 Å². The Balaban J connectivity index is 1.17. The largest absolute Gasteiger partial charge is 0.448 e. The zero-order chi connectivity index (χ0) is 36.0. The summed E-state index contributed by atoms with van der Waals surface area (Å²) in [5.41, 5.74) is 3.88. The Labute approximate surface area is 304 Å². The van der Waals surface area contributed by atoms with E-state index in [2.05, 4.69) is 33.9 Å². The second-order valence-corrected chi connectivity index (χ2v) is 15.7. The number of likely N-dealkylation sites (tertiary alicyclic amines) is 1. The standard InChI is InChI=1S/C39H51N5O6S/c1-22-14-33(51-7)32(38(46)42-22)17-41-37(45)30-15-31(26-8-13-34(40-16-26)44-18-23(2)48-24(3)19-44)36-35(25(30)4)49-39(5,50-36)27-9-11-28(12-10-27)43-20-29(21-43)47-6/h8,13-16,23-24,27-29H,9-12,17-21H2,1-7H3,(H,41,45)(H,42,46)/t23-,24?,27?,28?,39?/m0/s1. The minimum absolute atomic E-state index is 0.101. The van der Waals surface area contributed by atoms with Gasteiger partial charge in [0, 0.05) is 103 Å². The predicted octanol–water partition coefficient (Wildman–Crippen LogP) is 5.70. The number of thioether (sulfide) groups is 1. The third-order valence-electron chi connectivity index (χ3n) is 11.2. The number of aryl methyl sites for hydroxylation is 1. The van der Waals surface area contributed by atoms with Crippen molar-refractivity contribution in [3.63, 3.8) is 0 Å². The van der Waals surface area contributed by atoms with E-state index in [-0.39, 0.29) is 36.1 Å². The molecular formula is C39H51N5O6S. The van der Waals surface area contributed by atoms with Gasteiger partial charge in [-0.15, -0.1) is 11.8 Å². The number of anilines is 1. The first kappa shape index (κ1) is 35.8. The molecule has 7 rings (SSSR count). The van der Waals surface area contributed by atoms with Crippen molar-refractivity contribution in [2.75, 3.05) is 44.4 Å². The summed E-state index contributed by atoms with van der Waals surface area (Å²) >= 11 is 1.49. The fourth-order valence-electron chi connectivity index (χ4n) is 8.28. The molecule has 5 heterocycles. The van der Waals surface area contributed by atoms with Crippen LogP contribution in [0.4, 0.5) is 5.82 Å². The van der Waals surface area contributed by atoms with Gasteiger partial charge in [0.25, 0.3) is 17.3 Å². The number of amides is 1. The first-order chi connectivity index (χ1) is 24.5. The van der Waals surface area contributed by atoms with E-state index in [1.54, 1.807) is 7.11 Å². The van der Waals surface area contributed by atoms with Crippen molar-refractivity contribution >= 4 is 23.5 Å². The Morgan fingerprint density at radius 2 is 1.76 bits per heavy atom. The van der Waals surface area contributed by atoms with Gasteiger partial charge in [-0.25, -0.2) is 4.98 Å². The lowest BCUT2D eigenvalue weighted by Crippen LogP contribution is -2.57.